The van der Waals surface area contributed by atoms with E-state index in [0.29, 0.717) is 30.5 Å². The Hall–Kier alpha value is -0.00312. The summed E-state index contributed by atoms with van der Waals surface area (Å²) in [5, 5.41) is 0.279. The van der Waals surface area contributed by atoms with Gasteiger partial charge in [0.25, 0.3) is 0 Å². The Morgan fingerprint density at radius 2 is 1.93 bits per heavy atom. The Labute approximate surface area is 185 Å². The number of ether oxygens (including phenoxy) is 1. The fourth-order valence-electron chi connectivity index (χ4n) is 5.57. The Morgan fingerprint density at radius 1 is 1.24 bits per heavy atom. The highest BCUT2D eigenvalue weighted by atomic mass is 32.2. The van der Waals surface area contributed by atoms with Crippen molar-refractivity contribution in [2.24, 2.45) is 23.2 Å². The lowest BCUT2D eigenvalue weighted by Crippen LogP contribution is -2.50. The van der Waals surface area contributed by atoms with Gasteiger partial charge in [-0.2, -0.15) is 11.8 Å². The molecule has 0 amide bonds. The second-order valence-electron chi connectivity index (χ2n) is 11.2. The van der Waals surface area contributed by atoms with Crippen LogP contribution in [0.3, 0.4) is 0 Å². The third kappa shape index (κ3) is 6.03. The van der Waals surface area contributed by atoms with Crippen molar-refractivity contribution in [3.05, 3.63) is 0 Å². The van der Waals surface area contributed by atoms with Crippen LogP contribution < -0.4 is 0 Å². The zero-order valence-corrected chi connectivity index (χ0v) is 22.1. The summed E-state index contributed by atoms with van der Waals surface area (Å²) in [7, 11) is -1.73. The van der Waals surface area contributed by atoms with Crippen molar-refractivity contribution in [3.8, 4) is 0 Å². The van der Waals surface area contributed by atoms with Gasteiger partial charge in [0.15, 0.2) is 8.32 Å². The molecule has 2 aliphatic rings. The lowest BCUT2D eigenvalue weighted by Gasteiger charge is -2.50. The maximum atomic E-state index is 11.6. The van der Waals surface area contributed by atoms with E-state index in [4.69, 9.17) is 9.16 Å². The maximum Gasteiger partial charge on any atom is 0.306 e. The number of carbonyl (C=O) groups excluding carboxylic acids is 1. The van der Waals surface area contributed by atoms with Crippen LogP contribution in [0.2, 0.25) is 18.1 Å². The molecule has 0 aromatic carbocycles. The van der Waals surface area contributed by atoms with Crippen LogP contribution in [0.25, 0.3) is 0 Å². The lowest BCUT2D eigenvalue weighted by atomic mass is 9.62. The SMILES string of the molecule is CCOC(=O)CCSC[C@@H](C)C1CC[C@H]2C(O[Si](C)(C)C(C)(C)C)CCC[C@]12C. The summed E-state index contributed by atoms with van der Waals surface area (Å²) >= 11 is 1.93. The molecule has 0 aliphatic heterocycles. The van der Waals surface area contributed by atoms with Crippen molar-refractivity contribution < 1.29 is 14.0 Å². The first kappa shape index (κ1) is 25.3. The molecule has 2 rings (SSSR count). The number of thioether (sulfide) groups is 1. The van der Waals surface area contributed by atoms with Crippen molar-refractivity contribution in [3.63, 3.8) is 0 Å². The van der Waals surface area contributed by atoms with Crippen molar-refractivity contribution in [1.82, 2.24) is 0 Å². The van der Waals surface area contributed by atoms with Crippen LogP contribution in [-0.4, -0.2) is 38.5 Å². The number of hydrogen-bond donors (Lipinski definition) is 0. The number of carbonyl (C=O) groups is 1. The number of rotatable bonds is 9. The van der Waals surface area contributed by atoms with Gasteiger partial charge in [-0.1, -0.05) is 41.0 Å². The van der Waals surface area contributed by atoms with Crippen LogP contribution in [-0.2, 0) is 14.0 Å². The van der Waals surface area contributed by atoms with Gasteiger partial charge in [0.05, 0.1) is 13.0 Å². The fourth-order valence-corrected chi connectivity index (χ4v) is 8.04. The minimum Gasteiger partial charge on any atom is -0.466 e. The summed E-state index contributed by atoms with van der Waals surface area (Å²) in [6.45, 7) is 19.2. The van der Waals surface area contributed by atoms with Crippen molar-refractivity contribution in [1.29, 1.82) is 0 Å². The van der Waals surface area contributed by atoms with E-state index < -0.39 is 8.32 Å². The van der Waals surface area contributed by atoms with Crippen molar-refractivity contribution >= 4 is 26.0 Å². The summed E-state index contributed by atoms with van der Waals surface area (Å²) in [6.07, 6.45) is 7.60. The predicted octanol–water partition coefficient (Wildman–Crippen LogP) is 6.92. The number of fused-ring (bicyclic) bond motifs is 1. The summed E-state index contributed by atoms with van der Waals surface area (Å²) < 4.78 is 12.0. The van der Waals surface area contributed by atoms with Crippen LogP contribution in [0.4, 0.5) is 0 Å². The molecule has 0 saturated heterocycles. The summed E-state index contributed by atoms with van der Waals surface area (Å²) in [5.74, 6) is 4.19. The minimum absolute atomic E-state index is 0.0570. The normalized spacial score (nSPS) is 31.4. The van der Waals surface area contributed by atoms with Gasteiger partial charge in [0, 0.05) is 11.9 Å². The number of esters is 1. The van der Waals surface area contributed by atoms with Gasteiger partial charge >= 0.3 is 5.97 Å². The van der Waals surface area contributed by atoms with E-state index in [1.165, 1.54) is 32.1 Å². The second kappa shape index (κ2) is 10.1. The Bertz CT molecular complexity index is 545. The third-order valence-electron chi connectivity index (χ3n) is 8.21. The Kier molecular flexibility index (Phi) is 8.78. The highest BCUT2D eigenvalue weighted by Gasteiger charge is 2.54. The van der Waals surface area contributed by atoms with Gasteiger partial charge in [-0.3, -0.25) is 4.79 Å². The molecule has 29 heavy (non-hydrogen) atoms. The van der Waals surface area contributed by atoms with Crippen LogP contribution in [0.15, 0.2) is 0 Å². The summed E-state index contributed by atoms with van der Waals surface area (Å²) in [6, 6.07) is 0. The number of hydrogen-bond acceptors (Lipinski definition) is 4. The van der Waals surface area contributed by atoms with Gasteiger partial charge in [0.2, 0.25) is 0 Å². The molecule has 0 N–H and O–H groups in total. The molecule has 2 fully saturated rings. The molecular formula is C24H46O3SSi. The van der Waals surface area contributed by atoms with E-state index in [9.17, 15) is 4.79 Å². The van der Waals surface area contributed by atoms with E-state index in [0.717, 1.165) is 23.3 Å². The first-order valence-electron chi connectivity index (χ1n) is 11.8. The van der Waals surface area contributed by atoms with E-state index in [1.807, 2.05) is 18.7 Å². The highest BCUT2D eigenvalue weighted by Crippen LogP contribution is 2.59. The quantitative estimate of drug-likeness (QED) is 0.221. The smallest absolute Gasteiger partial charge is 0.306 e. The third-order valence-corrected chi connectivity index (χ3v) is 14.0. The zero-order valence-electron chi connectivity index (χ0n) is 20.3. The van der Waals surface area contributed by atoms with Crippen molar-refractivity contribution in [2.45, 2.75) is 104 Å². The molecule has 3 nitrogen and oxygen atoms in total. The van der Waals surface area contributed by atoms with E-state index in [1.54, 1.807) is 0 Å². The first-order valence-corrected chi connectivity index (χ1v) is 15.9. The average Bonchev–Trinajstić information content (AvgIpc) is 2.95. The van der Waals surface area contributed by atoms with Gasteiger partial charge in [0.1, 0.15) is 0 Å². The Balaban J connectivity index is 1.94. The standard InChI is InChI=1S/C24H46O3SSi/c1-9-26-22(25)14-16-28-17-18(2)19-12-13-20-21(11-10-15-24(19,20)6)27-29(7,8)23(3,4)5/h18-21H,9-17H2,1-8H3/t18-,19?,20+,21?,24-/m1/s1. The van der Waals surface area contributed by atoms with Crippen LogP contribution >= 0.6 is 11.8 Å². The van der Waals surface area contributed by atoms with Crippen LogP contribution in [0.5, 0.6) is 0 Å². The fraction of sp³-hybridized carbons (Fsp3) is 0.958. The molecule has 0 aromatic heterocycles. The first-order chi connectivity index (χ1) is 13.4. The molecule has 2 saturated carbocycles. The van der Waals surface area contributed by atoms with Gasteiger partial charge in [-0.25, -0.2) is 0 Å². The molecule has 170 valence electrons. The highest BCUT2D eigenvalue weighted by molar-refractivity contribution is 7.99. The molecule has 0 radical (unpaired) electrons. The largest absolute Gasteiger partial charge is 0.466 e. The maximum absolute atomic E-state index is 11.6. The molecule has 0 bridgehead atoms. The second-order valence-corrected chi connectivity index (χ2v) is 17.1. The molecule has 5 heteroatoms. The van der Waals surface area contributed by atoms with Gasteiger partial charge in [-0.05, 0) is 79.7 Å². The van der Waals surface area contributed by atoms with E-state index in [-0.39, 0.29) is 11.0 Å². The van der Waals surface area contributed by atoms with Gasteiger partial charge < -0.3 is 9.16 Å². The zero-order chi connectivity index (χ0) is 21.9. The molecule has 2 unspecified atom stereocenters. The Morgan fingerprint density at radius 3 is 2.55 bits per heavy atom. The summed E-state index contributed by atoms with van der Waals surface area (Å²) in [4.78, 5) is 11.6. The molecular weight excluding hydrogens is 396 g/mol. The average molecular weight is 443 g/mol. The minimum atomic E-state index is -1.73. The molecule has 5 atom stereocenters. The molecule has 0 spiro atoms. The van der Waals surface area contributed by atoms with E-state index in [2.05, 4.69) is 47.7 Å². The lowest BCUT2D eigenvalue weighted by molar-refractivity contribution is -0.142. The summed E-state index contributed by atoms with van der Waals surface area (Å²) in [5.41, 5.74) is 0.423. The van der Waals surface area contributed by atoms with Gasteiger partial charge in [-0.15, -0.1) is 0 Å². The molecule has 0 heterocycles. The van der Waals surface area contributed by atoms with Crippen molar-refractivity contribution in [2.75, 3.05) is 18.1 Å². The predicted molar refractivity (Wildman–Crippen MR) is 128 cm³/mol. The monoisotopic (exact) mass is 442 g/mol. The van der Waals surface area contributed by atoms with Crippen LogP contribution in [0.1, 0.15) is 80.1 Å². The molecule has 0 aromatic rings. The van der Waals surface area contributed by atoms with Crippen LogP contribution in [0, 0.1) is 23.2 Å². The van der Waals surface area contributed by atoms with E-state index >= 15 is 0 Å². The topological polar surface area (TPSA) is 35.5 Å². The molecule has 2 aliphatic carbocycles.